The highest BCUT2D eigenvalue weighted by Crippen LogP contribution is 2.35. The summed E-state index contributed by atoms with van der Waals surface area (Å²) in [5.74, 6) is 0.0785. The maximum Gasteiger partial charge on any atom is 0.251 e. The molecule has 4 nitrogen and oxygen atoms in total. The van der Waals surface area contributed by atoms with Crippen LogP contribution in [0.1, 0.15) is 42.5 Å². The summed E-state index contributed by atoms with van der Waals surface area (Å²) in [7, 11) is 0. The van der Waals surface area contributed by atoms with Gasteiger partial charge in [-0.3, -0.25) is 4.79 Å². The molecule has 2 aromatic rings. The van der Waals surface area contributed by atoms with Gasteiger partial charge in [-0.05, 0) is 50.3 Å². The van der Waals surface area contributed by atoms with Crippen molar-refractivity contribution in [1.82, 2.24) is 10.6 Å². The molecule has 5 rings (SSSR count). The topological polar surface area (TPSA) is 44.4 Å². The summed E-state index contributed by atoms with van der Waals surface area (Å²) >= 11 is 1.78. The van der Waals surface area contributed by atoms with Gasteiger partial charge in [-0.2, -0.15) is 0 Å². The van der Waals surface area contributed by atoms with Crippen LogP contribution in [0.5, 0.6) is 0 Å². The zero-order valence-corrected chi connectivity index (χ0v) is 14.6. The lowest BCUT2D eigenvalue weighted by molar-refractivity contribution is 0.0931. The Labute approximate surface area is 146 Å². The minimum atomic E-state index is 0.0785. The van der Waals surface area contributed by atoms with Gasteiger partial charge < -0.3 is 15.5 Å². The van der Waals surface area contributed by atoms with E-state index in [9.17, 15) is 4.79 Å². The van der Waals surface area contributed by atoms with E-state index in [1.54, 1.807) is 11.3 Å². The molecule has 0 radical (unpaired) electrons. The van der Waals surface area contributed by atoms with Gasteiger partial charge in [0.25, 0.3) is 5.91 Å². The number of carbonyl (C=O) groups is 1. The van der Waals surface area contributed by atoms with Crippen molar-refractivity contribution in [2.24, 2.45) is 0 Å². The molecular weight excluding hydrogens is 318 g/mol. The van der Waals surface area contributed by atoms with E-state index in [1.165, 1.54) is 41.5 Å². The van der Waals surface area contributed by atoms with Gasteiger partial charge in [-0.25, -0.2) is 0 Å². The number of nitrogens with one attached hydrogen (secondary N) is 2. The highest BCUT2D eigenvalue weighted by Gasteiger charge is 2.39. The quantitative estimate of drug-likeness (QED) is 0.901. The molecule has 3 atom stereocenters. The molecular formula is C19H23N3OS. The van der Waals surface area contributed by atoms with E-state index in [0.29, 0.717) is 18.1 Å². The van der Waals surface area contributed by atoms with Crippen molar-refractivity contribution in [3.05, 3.63) is 29.1 Å². The van der Waals surface area contributed by atoms with E-state index >= 15 is 0 Å². The van der Waals surface area contributed by atoms with E-state index in [2.05, 4.69) is 33.0 Å². The predicted molar refractivity (Wildman–Crippen MR) is 99.1 cm³/mol. The number of hydrogen-bond donors (Lipinski definition) is 2. The molecule has 2 bridgehead atoms. The number of anilines is 1. The third-order valence-electron chi connectivity index (χ3n) is 5.88. The van der Waals surface area contributed by atoms with Gasteiger partial charge in [0.2, 0.25) is 0 Å². The average molecular weight is 341 g/mol. The fraction of sp³-hybridized carbons (Fsp3) is 0.526. The molecule has 24 heavy (non-hydrogen) atoms. The zero-order chi connectivity index (χ0) is 16.1. The smallest absolute Gasteiger partial charge is 0.251 e. The monoisotopic (exact) mass is 341 g/mol. The normalized spacial score (nSPS) is 28.8. The minimum absolute atomic E-state index is 0.0785. The molecule has 0 unspecified atom stereocenters. The highest BCUT2D eigenvalue weighted by atomic mass is 32.1. The first-order valence-corrected chi connectivity index (χ1v) is 9.99. The Morgan fingerprint density at radius 2 is 2.12 bits per heavy atom. The molecule has 3 aliphatic heterocycles. The predicted octanol–water partition coefficient (Wildman–Crippen LogP) is 3.12. The van der Waals surface area contributed by atoms with Gasteiger partial charge in [0.15, 0.2) is 0 Å². The number of rotatable bonds is 3. The van der Waals surface area contributed by atoms with E-state index in [-0.39, 0.29) is 5.91 Å². The van der Waals surface area contributed by atoms with Crippen molar-refractivity contribution in [1.29, 1.82) is 0 Å². The lowest BCUT2D eigenvalue weighted by Gasteiger charge is -2.21. The highest BCUT2D eigenvalue weighted by molar-refractivity contribution is 7.17. The van der Waals surface area contributed by atoms with Crippen LogP contribution >= 0.6 is 11.3 Å². The van der Waals surface area contributed by atoms with Crippen LogP contribution in [0, 0.1) is 0 Å². The summed E-state index contributed by atoms with van der Waals surface area (Å²) in [4.78, 5) is 15.2. The molecule has 1 aromatic heterocycles. The molecule has 0 aliphatic carbocycles. The van der Waals surface area contributed by atoms with Crippen LogP contribution in [-0.4, -0.2) is 37.1 Å². The van der Waals surface area contributed by atoms with Gasteiger partial charge in [-0.1, -0.05) is 0 Å². The maximum atomic E-state index is 12.7. The van der Waals surface area contributed by atoms with E-state index < -0.39 is 0 Å². The molecule has 3 aliphatic rings. The van der Waals surface area contributed by atoms with Crippen molar-refractivity contribution in [3.63, 3.8) is 0 Å². The molecule has 2 N–H and O–H groups in total. The minimum Gasteiger partial charge on any atom is -0.370 e. The second-order valence-corrected chi connectivity index (χ2v) is 8.30. The lowest BCUT2D eigenvalue weighted by Crippen LogP contribution is -2.42. The molecule has 126 valence electrons. The molecule has 3 saturated heterocycles. The Hall–Kier alpha value is -1.59. The van der Waals surface area contributed by atoms with Gasteiger partial charge in [0.1, 0.15) is 0 Å². The number of thiophene rings is 1. The Morgan fingerprint density at radius 3 is 2.88 bits per heavy atom. The number of hydrogen-bond acceptors (Lipinski definition) is 4. The van der Waals surface area contributed by atoms with Crippen LogP contribution in [0.25, 0.3) is 10.1 Å². The summed E-state index contributed by atoms with van der Waals surface area (Å²) in [6.07, 6.45) is 6.08. The molecule has 3 fully saturated rings. The Morgan fingerprint density at radius 1 is 1.25 bits per heavy atom. The fourth-order valence-corrected chi connectivity index (χ4v) is 5.55. The van der Waals surface area contributed by atoms with Gasteiger partial charge in [0, 0.05) is 52.2 Å². The van der Waals surface area contributed by atoms with Gasteiger partial charge in [-0.15, -0.1) is 11.3 Å². The second-order valence-electron chi connectivity index (χ2n) is 7.39. The fourth-order valence-electron chi connectivity index (χ4n) is 4.60. The van der Waals surface area contributed by atoms with Crippen LogP contribution in [0.3, 0.4) is 0 Å². The van der Waals surface area contributed by atoms with Crippen LogP contribution in [0.2, 0.25) is 0 Å². The number of nitrogens with zero attached hydrogens (tertiary/aromatic N) is 1. The zero-order valence-electron chi connectivity index (χ0n) is 13.8. The van der Waals surface area contributed by atoms with Crippen molar-refractivity contribution in [3.8, 4) is 0 Å². The molecule has 0 saturated carbocycles. The van der Waals surface area contributed by atoms with Crippen molar-refractivity contribution in [2.75, 3.05) is 18.0 Å². The largest absolute Gasteiger partial charge is 0.370 e. The van der Waals surface area contributed by atoms with Gasteiger partial charge in [0.05, 0.1) is 5.69 Å². The standard InChI is InChI=1S/C19H23N3OS/c23-19(21-16-10-13-4-5-15(16)20-13)12-3-6-18-14(9-12)17(11-24-18)22-7-1-2-8-22/h3,6,9,11,13,15-16,20H,1-2,4-5,7-8,10H2,(H,21,23)/t13-,15+,16-/m1/s1. The lowest BCUT2D eigenvalue weighted by atomic mass is 9.95. The second kappa shape index (κ2) is 5.74. The molecule has 1 aromatic carbocycles. The van der Waals surface area contributed by atoms with Crippen LogP contribution in [0.15, 0.2) is 23.6 Å². The molecule has 5 heteroatoms. The van der Waals surface area contributed by atoms with E-state index in [0.717, 1.165) is 25.1 Å². The summed E-state index contributed by atoms with van der Waals surface area (Å²) in [5, 5.41) is 10.3. The van der Waals surface area contributed by atoms with E-state index in [1.807, 2.05) is 6.07 Å². The number of carbonyl (C=O) groups excluding carboxylic acids is 1. The third-order valence-corrected chi connectivity index (χ3v) is 6.83. The first-order chi connectivity index (χ1) is 11.8. The number of benzene rings is 1. The molecule has 0 spiro atoms. The van der Waals surface area contributed by atoms with Crippen LogP contribution in [-0.2, 0) is 0 Å². The summed E-state index contributed by atoms with van der Waals surface area (Å²) in [6, 6.07) is 7.56. The van der Waals surface area contributed by atoms with Crippen molar-refractivity contribution in [2.45, 2.75) is 50.2 Å². The van der Waals surface area contributed by atoms with Crippen molar-refractivity contribution < 1.29 is 4.79 Å². The van der Waals surface area contributed by atoms with Crippen LogP contribution < -0.4 is 15.5 Å². The SMILES string of the molecule is O=C(N[C@@H]1C[C@H]2CC[C@@H]1N2)c1ccc2scc(N3CCCC3)c2c1. The Kier molecular flexibility index (Phi) is 3.52. The first-order valence-electron chi connectivity index (χ1n) is 9.11. The summed E-state index contributed by atoms with van der Waals surface area (Å²) in [5.41, 5.74) is 2.10. The average Bonchev–Trinajstić information content (AvgIpc) is 3.36. The van der Waals surface area contributed by atoms with Crippen molar-refractivity contribution >= 4 is 33.0 Å². The Bertz CT molecular complexity index is 780. The van der Waals surface area contributed by atoms with Gasteiger partial charge >= 0.3 is 0 Å². The summed E-state index contributed by atoms with van der Waals surface area (Å²) < 4.78 is 1.27. The summed E-state index contributed by atoms with van der Waals surface area (Å²) in [6.45, 7) is 2.28. The molecule has 4 heterocycles. The van der Waals surface area contributed by atoms with Crippen LogP contribution in [0.4, 0.5) is 5.69 Å². The number of fused-ring (bicyclic) bond motifs is 3. The third kappa shape index (κ3) is 2.42. The molecule has 1 amide bonds. The first kappa shape index (κ1) is 14.7. The maximum absolute atomic E-state index is 12.7. The number of amides is 1. The van der Waals surface area contributed by atoms with E-state index in [4.69, 9.17) is 0 Å². The Balaban J connectivity index is 1.40.